The lowest BCUT2D eigenvalue weighted by molar-refractivity contribution is 0.396. The van der Waals surface area contributed by atoms with Crippen LogP contribution in [0.3, 0.4) is 0 Å². The van der Waals surface area contributed by atoms with Gasteiger partial charge in [0.1, 0.15) is 5.69 Å². The molecule has 2 rings (SSSR count). The summed E-state index contributed by atoms with van der Waals surface area (Å²) in [6.45, 7) is 5.18. The zero-order chi connectivity index (χ0) is 12.1. The molecule has 0 bridgehead atoms. The molecule has 0 aromatic carbocycles. The number of nitrogens with zero attached hydrogens (tertiary/aromatic N) is 3. The molecule has 0 spiro atoms. The van der Waals surface area contributed by atoms with Crippen molar-refractivity contribution in [3.63, 3.8) is 0 Å². The van der Waals surface area contributed by atoms with E-state index < -0.39 is 0 Å². The fraction of sp³-hybridized carbons (Fsp3) is 0.545. The maximum atomic E-state index is 5.64. The Balaban J connectivity index is 2.11. The summed E-state index contributed by atoms with van der Waals surface area (Å²) >= 11 is 1.52. The monoisotopic (exact) mass is 252 g/mol. The molecule has 2 heterocycles. The fourth-order valence-electron chi connectivity index (χ4n) is 1.52. The Kier molecular flexibility index (Phi) is 4.22. The van der Waals surface area contributed by atoms with Crippen molar-refractivity contribution >= 4 is 11.3 Å². The van der Waals surface area contributed by atoms with Crippen LogP contribution in [0.25, 0.3) is 11.6 Å². The minimum absolute atomic E-state index is 0.134. The summed E-state index contributed by atoms with van der Waals surface area (Å²) in [5.74, 6) is 1.14. The van der Waals surface area contributed by atoms with Gasteiger partial charge in [-0.1, -0.05) is 13.8 Å². The second-order valence-electron chi connectivity index (χ2n) is 3.73. The van der Waals surface area contributed by atoms with Crippen molar-refractivity contribution in [1.29, 1.82) is 0 Å². The van der Waals surface area contributed by atoms with Crippen molar-refractivity contribution in [2.45, 2.75) is 32.7 Å². The molecule has 1 unspecified atom stereocenters. The van der Waals surface area contributed by atoms with E-state index in [4.69, 9.17) is 4.42 Å². The van der Waals surface area contributed by atoms with Crippen LogP contribution in [0.5, 0.6) is 0 Å². The van der Waals surface area contributed by atoms with E-state index in [9.17, 15) is 0 Å². The predicted molar refractivity (Wildman–Crippen MR) is 66.7 cm³/mol. The molecular formula is C11H16N4OS. The topological polar surface area (TPSA) is 63.8 Å². The quantitative estimate of drug-likeness (QED) is 0.856. The van der Waals surface area contributed by atoms with Gasteiger partial charge in [-0.15, -0.1) is 21.5 Å². The van der Waals surface area contributed by atoms with Crippen LogP contribution in [-0.2, 0) is 0 Å². The molecule has 2 aromatic heterocycles. The molecule has 6 heteroatoms. The molecule has 0 aliphatic heterocycles. The second kappa shape index (κ2) is 5.88. The number of hydrogen-bond donors (Lipinski definition) is 1. The number of hydrogen-bond acceptors (Lipinski definition) is 6. The molecule has 0 saturated heterocycles. The maximum absolute atomic E-state index is 5.64. The molecule has 1 N–H and O–H groups in total. The number of aromatic nitrogens is 3. The first kappa shape index (κ1) is 12.2. The highest BCUT2D eigenvalue weighted by Crippen LogP contribution is 2.21. The lowest BCUT2D eigenvalue weighted by Crippen LogP contribution is -2.21. The zero-order valence-electron chi connectivity index (χ0n) is 10.0. The minimum Gasteiger partial charge on any atom is -0.418 e. The van der Waals surface area contributed by atoms with E-state index in [1.165, 1.54) is 11.3 Å². The molecule has 1 atom stereocenters. The lowest BCUT2D eigenvalue weighted by Gasteiger charge is -2.11. The average Bonchev–Trinajstić information content (AvgIpc) is 3.00. The molecule has 0 fully saturated rings. The van der Waals surface area contributed by atoms with Crippen LogP contribution >= 0.6 is 11.3 Å². The van der Waals surface area contributed by atoms with Gasteiger partial charge < -0.3 is 9.73 Å². The van der Waals surface area contributed by atoms with Gasteiger partial charge in [0.05, 0.1) is 11.6 Å². The van der Waals surface area contributed by atoms with Gasteiger partial charge in [0.2, 0.25) is 5.89 Å². The van der Waals surface area contributed by atoms with E-state index in [2.05, 4.69) is 34.3 Å². The molecule has 0 saturated carbocycles. The third-order valence-electron chi connectivity index (χ3n) is 2.44. The van der Waals surface area contributed by atoms with Crippen molar-refractivity contribution < 1.29 is 4.42 Å². The minimum atomic E-state index is 0.134. The molecule has 0 radical (unpaired) electrons. The Hall–Kier alpha value is -1.27. The highest BCUT2D eigenvalue weighted by atomic mass is 32.1. The first-order valence-electron chi connectivity index (χ1n) is 5.80. The number of thiazole rings is 1. The van der Waals surface area contributed by atoms with Crippen LogP contribution in [0.15, 0.2) is 15.3 Å². The summed E-state index contributed by atoms with van der Waals surface area (Å²) < 4.78 is 5.64. The van der Waals surface area contributed by atoms with Crippen molar-refractivity contribution in [2.75, 3.05) is 6.54 Å². The molecule has 0 aliphatic carbocycles. The standard InChI is InChI=1S/C11H16N4OS/c1-3-5-12-8(4-2)10-14-15-11(16-10)9-6-17-7-13-9/h6-8,12H,3-5H2,1-2H3. The summed E-state index contributed by atoms with van der Waals surface area (Å²) in [5, 5.41) is 13.4. The van der Waals surface area contributed by atoms with Gasteiger partial charge >= 0.3 is 0 Å². The third kappa shape index (κ3) is 2.89. The molecule has 0 aliphatic rings. The van der Waals surface area contributed by atoms with E-state index >= 15 is 0 Å². The van der Waals surface area contributed by atoms with E-state index in [-0.39, 0.29) is 6.04 Å². The molecule has 2 aromatic rings. The zero-order valence-corrected chi connectivity index (χ0v) is 10.8. The molecule has 5 nitrogen and oxygen atoms in total. The highest BCUT2D eigenvalue weighted by molar-refractivity contribution is 7.07. The van der Waals surface area contributed by atoms with E-state index in [0.29, 0.717) is 11.8 Å². The first-order chi connectivity index (χ1) is 8.35. The fourth-order valence-corrected chi connectivity index (χ4v) is 2.05. The van der Waals surface area contributed by atoms with Gasteiger partial charge in [0, 0.05) is 5.38 Å². The van der Waals surface area contributed by atoms with Crippen LogP contribution in [0.2, 0.25) is 0 Å². The summed E-state index contributed by atoms with van der Waals surface area (Å²) in [6.07, 6.45) is 2.02. The smallest absolute Gasteiger partial charge is 0.267 e. The van der Waals surface area contributed by atoms with E-state index in [1.807, 2.05) is 5.38 Å². The largest absolute Gasteiger partial charge is 0.418 e. The van der Waals surface area contributed by atoms with Crippen LogP contribution in [-0.4, -0.2) is 21.7 Å². The normalized spacial score (nSPS) is 12.8. The van der Waals surface area contributed by atoms with Gasteiger partial charge in [-0.05, 0) is 19.4 Å². The highest BCUT2D eigenvalue weighted by Gasteiger charge is 2.17. The van der Waals surface area contributed by atoms with E-state index in [1.54, 1.807) is 5.51 Å². The van der Waals surface area contributed by atoms with E-state index in [0.717, 1.165) is 25.1 Å². The van der Waals surface area contributed by atoms with Crippen molar-refractivity contribution in [2.24, 2.45) is 0 Å². The lowest BCUT2D eigenvalue weighted by atomic mass is 10.2. The SMILES string of the molecule is CCCNC(CC)c1nnc(-c2cscn2)o1. The predicted octanol–water partition coefficient (Wildman–Crippen LogP) is 2.64. The van der Waals surface area contributed by atoms with Gasteiger partial charge in [-0.2, -0.15) is 0 Å². The van der Waals surface area contributed by atoms with Gasteiger partial charge in [-0.3, -0.25) is 0 Å². The van der Waals surface area contributed by atoms with Crippen LogP contribution in [0.4, 0.5) is 0 Å². The van der Waals surface area contributed by atoms with Crippen LogP contribution in [0.1, 0.15) is 38.6 Å². The Morgan fingerprint density at radius 3 is 2.94 bits per heavy atom. The Bertz CT molecular complexity index is 440. The van der Waals surface area contributed by atoms with Crippen molar-refractivity contribution in [1.82, 2.24) is 20.5 Å². The van der Waals surface area contributed by atoms with Crippen LogP contribution < -0.4 is 5.32 Å². The molecule has 0 amide bonds. The summed E-state index contributed by atoms with van der Waals surface area (Å²) in [4.78, 5) is 4.15. The van der Waals surface area contributed by atoms with Crippen LogP contribution in [0, 0.1) is 0 Å². The number of rotatable bonds is 6. The Morgan fingerprint density at radius 2 is 2.29 bits per heavy atom. The molecule has 92 valence electrons. The summed E-state index contributed by atoms with van der Waals surface area (Å²) in [7, 11) is 0. The van der Waals surface area contributed by atoms with Crippen molar-refractivity contribution in [3.05, 3.63) is 16.8 Å². The maximum Gasteiger partial charge on any atom is 0.267 e. The van der Waals surface area contributed by atoms with Gasteiger partial charge in [0.15, 0.2) is 0 Å². The summed E-state index contributed by atoms with van der Waals surface area (Å²) in [5.41, 5.74) is 2.50. The molecule has 17 heavy (non-hydrogen) atoms. The first-order valence-corrected chi connectivity index (χ1v) is 6.74. The van der Waals surface area contributed by atoms with Gasteiger partial charge in [-0.25, -0.2) is 4.98 Å². The third-order valence-corrected chi connectivity index (χ3v) is 3.03. The summed E-state index contributed by atoms with van der Waals surface area (Å²) in [6, 6.07) is 0.134. The second-order valence-corrected chi connectivity index (χ2v) is 4.45. The molecular weight excluding hydrogens is 236 g/mol. The Labute approximate surface area is 104 Å². The number of nitrogens with one attached hydrogen (secondary N) is 1. The van der Waals surface area contributed by atoms with Crippen molar-refractivity contribution in [3.8, 4) is 11.6 Å². The average molecular weight is 252 g/mol. The Morgan fingerprint density at radius 1 is 1.41 bits per heavy atom. The van der Waals surface area contributed by atoms with Gasteiger partial charge in [0.25, 0.3) is 5.89 Å².